The molecule has 268 valence electrons. The molecule has 14 nitrogen and oxygen atoms in total. The fraction of sp³-hybridized carbons (Fsp3) is 0.405. The number of hydrogen-bond acceptors (Lipinski definition) is 11. The van der Waals surface area contributed by atoms with E-state index in [1.54, 1.807) is 7.11 Å². The number of rotatable bonds is 16. The summed E-state index contributed by atoms with van der Waals surface area (Å²) in [5, 5.41) is 31.7. The van der Waals surface area contributed by atoms with Crippen LogP contribution in [0, 0.1) is 15.3 Å². The second-order valence-corrected chi connectivity index (χ2v) is 12.8. The van der Waals surface area contributed by atoms with Crippen molar-refractivity contribution in [3.63, 3.8) is 0 Å². The first-order chi connectivity index (χ1) is 24.8. The molecule has 3 aromatic carbocycles. The molecule has 0 unspecified atom stereocenters. The third-order valence-electron chi connectivity index (χ3n) is 9.50. The molecule has 1 fully saturated rings. The minimum atomic E-state index is -0.778. The quantitative estimate of drug-likeness (QED) is 0.0501. The van der Waals surface area contributed by atoms with Gasteiger partial charge in [-0.25, -0.2) is 0 Å². The second kappa shape index (κ2) is 16.2. The van der Waals surface area contributed by atoms with E-state index in [2.05, 4.69) is 33.6 Å². The van der Waals surface area contributed by atoms with Gasteiger partial charge in [-0.2, -0.15) is 0 Å². The summed E-state index contributed by atoms with van der Waals surface area (Å²) in [6, 6.07) is 16.7. The molecule has 2 aliphatic rings. The van der Waals surface area contributed by atoms with Crippen LogP contribution in [0.25, 0.3) is 11.1 Å². The number of nitro benzene ring substituents is 1. The van der Waals surface area contributed by atoms with E-state index < -0.39 is 22.2 Å². The highest BCUT2D eigenvalue weighted by molar-refractivity contribution is 6.27. The Hall–Kier alpha value is -5.18. The molecule has 4 aromatic rings. The van der Waals surface area contributed by atoms with E-state index in [0.717, 1.165) is 93.5 Å². The van der Waals surface area contributed by atoms with E-state index in [0.29, 0.717) is 19.5 Å². The number of nitrogens with zero attached hydrogens (tertiary/aromatic N) is 5. The lowest BCUT2D eigenvalue weighted by Gasteiger charge is -2.26. The van der Waals surface area contributed by atoms with Crippen molar-refractivity contribution >= 4 is 22.9 Å². The summed E-state index contributed by atoms with van der Waals surface area (Å²) in [7, 11) is 1.67. The summed E-state index contributed by atoms with van der Waals surface area (Å²) in [6.45, 7) is 5.75. The van der Waals surface area contributed by atoms with Crippen LogP contribution in [0.5, 0.6) is 5.75 Å². The number of nitro groups is 1. The number of fused-ring (bicyclic) bond motifs is 2. The number of morpholine rings is 1. The van der Waals surface area contributed by atoms with Crippen LogP contribution in [-0.4, -0.2) is 84.3 Å². The maximum absolute atomic E-state index is 13.8. The number of hydrogen-bond donors (Lipinski definition) is 2. The molecule has 0 bridgehead atoms. The largest absolute Gasteiger partial charge is 0.691 e. The van der Waals surface area contributed by atoms with Crippen LogP contribution in [0.4, 0.5) is 11.4 Å². The van der Waals surface area contributed by atoms with Gasteiger partial charge in [0.2, 0.25) is 11.6 Å². The van der Waals surface area contributed by atoms with Crippen LogP contribution in [0.1, 0.15) is 68.9 Å². The van der Waals surface area contributed by atoms with E-state index >= 15 is 0 Å². The first-order valence-electron chi connectivity index (χ1n) is 17.4. The van der Waals surface area contributed by atoms with Gasteiger partial charge in [-0.15, -0.1) is 9.53 Å². The molecule has 0 atom stereocenters. The van der Waals surface area contributed by atoms with Gasteiger partial charge >= 0.3 is 0 Å². The van der Waals surface area contributed by atoms with Crippen LogP contribution in [0.15, 0.2) is 54.6 Å². The molecule has 0 radical (unpaired) electrons. The average molecular weight is 698 g/mol. The lowest BCUT2D eigenvalue weighted by atomic mass is 9.88. The van der Waals surface area contributed by atoms with E-state index in [4.69, 9.17) is 15.2 Å². The number of anilines is 1. The number of nitrogens with two attached hydrogens (primary N) is 1. The molecule has 6 rings (SSSR count). The third kappa shape index (κ3) is 7.93. The summed E-state index contributed by atoms with van der Waals surface area (Å²) in [5.41, 5.74) is 8.69. The normalized spacial score (nSPS) is 14.3. The molecule has 1 aliphatic carbocycles. The zero-order valence-electron chi connectivity index (χ0n) is 28.8. The molecule has 51 heavy (non-hydrogen) atoms. The number of carbonyl (C=O) groups is 2. The zero-order valence-corrected chi connectivity index (χ0v) is 28.8. The number of benzene rings is 3. The number of unbranched alkanes of at least 4 members (excludes halogenated alkanes) is 2. The van der Waals surface area contributed by atoms with Crippen molar-refractivity contribution in [3.8, 4) is 16.9 Å². The number of ether oxygens (including phenoxy) is 2. The number of aromatic nitrogens is 3. The highest BCUT2D eigenvalue weighted by atomic mass is 16.6. The maximum Gasteiger partial charge on any atom is 0.293 e. The highest BCUT2D eigenvalue weighted by Gasteiger charge is 2.43. The molecule has 1 aromatic heterocycles. The molecule has 1 saturated heterocycles. The molecule has 0 spiro atoms. The van der Waals surface area contributed by atoms with Crippen molar-refractivity contribution < 1.29 is 28.8 Å². The number of ketones is 2. The maximum atomic E-state index is 13.8. The van der Waals surface area contributed by atoms with Gasteiger partial charge in [0.1, 0.15) is 18.0 Å². The molecular weight excluding hydrogens is 654 g/mol. The Labute approximate surface area is 295 Å². The van der Waals surface area contributed by atoms with Gasteiger partial charge in [0.05, 0.1) is 30.5 Å². The van der Waals surface area contributed by atoms with Gasteiger partial charge in [-0.3, -0.25) is 24.6 Å². The predicted octanol–water partition coefficient (Wildman–Crippen LogP) is 3.92. The number of methoxy groups -OCH3 is 1. The van der Waals surface area contributed by atoms with Gasteiger partial charge in [0, 0.05) is 48.8 Å². The lowest BCUT2D eigenvalue weighted by molar-refractivity contribution is -0.672. The van der Waals surface area contributed by atoms with Gasteiger partial charge in [0.25, 0.3) is 17.1 Å². The summed E-state index contributed by atoms with van der Waals surface area (Å²) < 4.78 is 12.5. The van der Waals surface area contributed by atoms with Crippen LogP contribution in [0.3, 0.4) is 0 Å². The smallest absolute Gasteiger partial charge is 0.293 e. The van der Waals surface area contributed by atoms with Gasteiger partial charge < -0.3 is 25.7 Å². The molecule has 1 aliphatic heterocycles. The molecule has 14 heteroatoms. The third-order valence-corrected chi connectivity index (χ3v) is 9.50. The first-order valence-corrected chi connectivity index (χ1v) is 17.4. The average Bonchev–Trinajstić information content (AvgIpc) is 3.49. The summed E-state index contributed by atoms with van der Waals surface area (Å²) in [4.78, 5) is 41.0. The molecule has 0 amide bonds. The van der Waals surface area contributed by atoms with Gasteiger partial charge in [0.15, 0.2) is 0 Å². The number of nitrogens with one attached hydrogen (secondary N) is 1. The lowest BCUT2D eigenvalue weighted by Crippen LogP contribution is -2.38. The Bertz CT molecular complexity index is 1900. The fourth-order valence-corrected chi connectivity index (χ4v) is 6.70. The number of carbonyl (C=O) groups excluding carboxylic acids is 2. The van der Waals surface area contributed by atoms with E-state index in [1.807, 2.05) is 24.3 Å². The first kappa shape index (κ1) is 35.6. The monoisotopic (exact) mass is 697 g/mol. The second-order valence-electron chi connectivity index (χ2n) is 12.8. The Morgan fingerprint density at radius 3 is 2.39 bits per heavy atom. The summed E-state index contributed by atoms with van der Waals surface area (Å²) in [6.07, 6.45) is 4.84. The molecular formula is C37H43N7O7. The van der Waals surface area contributed by atoms with Gasteiger partial charge in [-0.05, 0) is 67.6 Å². The van der Waals surface area contributed by atoms with Crippen LogP contribution < -0.4 is 20.6 Å². The van der Waals surface area contributed by atoms with E-state index in [9.17, 15) is 24.9 Å². The van der Waals surface area contributed by atoms with Crippen molar-refractivity contribution in [1.29, 1.82) is 0 Å². The van der Waals surface area contributed by atoms with Crippen molar-refractivity contribution in [2.75, 3.05) is 58.4 Å². The van der Waals surface area contributed by atoms with Crippen LogP contribution in [-0.2, 0) is 24.1 Å². The Morgan fingerprint density at radius 1 is 0.922 bits per heavy atom. The van der Waals surface area contributed by atoms with Crippen molar-refractivity contribution in [3.05, 3.63) is 104 Å². The minimum absolute atomic E-state index is 0.00858. The SMILES string of the molecule is COc1cc(CCCN2CCOCC2)ccc1-c1ccc(CCn2n[n+]([O-])c3c2C(=O)c2cc(NCCCCCN)c([N+](=O)[O-])cc2C3=O)cc1. The van der Waals surface area contributed by atoms with Gasteiger partial charge in [-0.1, -0.05) is 42.8 Å². The van der Waals surface area contributed by atoms with Crippen molar-refractivity contribution in [2.45, 2.75) is 45.1 Å². The molecule has 0 saturated carbocycles. The predicted molar refractivity (Wildman–Crippen MR) is 190 cm³/mol. The van der Waals surface area contributed by atoms with E-state index in [1.165, 1.54) is 16.3 Å². The molecule has 2 heterocycles. The van der Waals surface area contributed by atoms with Crippen LogP contribution in [0.2, 0.25) is 0 Å². The Morgan fingerprint density at radius 2 is 1.67 bits per heavy atom. The minimum Gasteiger partial charge on any atom is -0.691 e. The Kier molecular flexibility index (Phi) is 11.3. The summed E-state index contributed by atoms with van der Waals surface area (Å²) >= 11 is 0. The highest BCUT2D eigenvalue weighted by Crippen LogP contribution is 2.35. The van der Waals surface area contributed by atoms with E-state index in [-0.39, 0.29) is 39.6 Å². The number of aryl methyl sites for hydroxylation is 3. The standard InChI is InChI=1S/C37H43N7O7/c1-50-33-22-26(6-5-16-41-18-20-51-21-19-41)9-12-28(33)27-10-7-25(8-11-27)13-17-42-34-35(43(47)40-42)37(46)30-24-32(44(48)49)31(23-29(30)36(34)45)39-15-4-2-3-14-38/h7-12,22-24,39H,2-6,13-21,38H2,1H3. The topological polar surface area (TPSA) is 182 Å². The molecule has 3 N–H and O–H groups in total. The fourth-order valence-electron chi connectivity index (χ4n) is 6.70. The van der Waals surface area contributed by atoms with Crippen molar-refractivity contribution in [1.82, 2.24) is 14.8 Å². The van der Waals surface area contributed by atoms with Crippen LogP contribution >= 0.6 is 0 Å². The summed E-state index contributed by atoms with van der Waals surface area (Å²) in [5.74, 6) is -0.567. The zero-order chi connectivity index (χ0) is 35.9. The van der Waals surface area contributed by atoms with Crippen molar-refractivity contribution in [2.24, 2.45) is 5.73 Å². The Balaban J connectivity index is 1.14.